The maximum atomic E-state index is 11.7. The van der Waals surface area contributed by atoms with Gasteiger partial charge in [-0.05, 0) is 43.7 Å². The largest absolute Gasteiger partial charge is 0.481 e. The number of benzene rings is 1. The summed E-state index contributed by atoms with van der Waals surface area (Å²) in [6, 6.07) is 5.67. The fourth-order valence-corrected chi connectivity index (χ4v) is 1.98. The van der Waals surface area contributed by atoms with Crippen molar-refractivity contribution in [2.75, 3.05) is 13.1 Å². The maximum Gasteiger partial charge on any atom is 0.261 e. The van der Waals surface area contributed by atoms with Gasteiger partial charge in [0.1, 0.15) is 5.75 Å². The highest BCUT2D eigenvalue weighted by Crippen LogP contribution is 2.24. The SMILES string of the molecule is C=CCNC(=O)C(C)Oc1ccc(Br)cc1CCN. The lowest BCUT2D eigenvalue weighted by atomic mass is 10.1. The molecule has 1 aromatic carbocycles. The van der Waals surface area contributed by atoms with Gasteiger partial charge in [-0.15, -0.1) is 6.58 Å². The van der Waals surface area contributed by atoms with Crippen LogP contribution in [-0.4, -0.2) is 25.1 Å². The van der Waals surface area contributed by atoms with E-state index in [-0.39, 0.29) is 5.91 Å². The van der Waals surface area contributed by atoms with Crippen molar-refractivity contribution in [1.82, 2.24) is 5.32 Å². The smallest absolute Gasteiger partial charge is 0.261 e. The molecule has 0 aliphatic carbocycles. The van der Waals surface area contributed by atoms with Crippen LogP contribution in [0.2, 0.25) is 0 Å². The van der Waals surface area contributed by atoms with Crippen molar-refractivity contribution >= 4 is 21.8 Å². The average molecular weight is 327 g/mol. The molecule has 0 aromatic heterocycles. The van der Waals surface area contributed by atoms with E-state index in [1.54, 1.807) is 13.0 Å². The summed E-state index contributed by atoms with van der Waals surface area (Å²) in [4.78, 5) is 11.7. The van der Waals surface area contributed by atoms with Crippen molar-refractivity contribution < 1.29 is 9.53 Å². The molecule has 4 nitrogen and oxygen atoms in total. The van der Waals surface area contributed by atoms with E-state index in [9.17, 15) is 4.79 Å². The first-order valence-corrected chi connectivity index (χ1v) is 6.91. The lowest BCUT2D eigenvalue weighted by Gasteiger charge is -2.17. The van der Waals surface area contributed by atoms with E-state index in [4.69, 9.17) is 10.5 Å². The van der Waals surface area contributed by atoms with Gasteiger partial charge in [-0.25, -0.2) is 0 Å². The van der Waals surface area contributed by atoms with Crippen LogP contribution in [0.25, 0.3) is 0 Å². The molecular weight excluding hydrogens is 308 g/mol. The molecule has 0 saturated heterocycles. The highest BCUT2D eigenvalue weighted by atomic mass is 79.9. The molecule has 0 heterocycles. The van der Waals surface area contributed by atoms with Crippen molar-refractivity contribution in [3.63, 3.8) is 0 Å². The number of rotatable bonds is 7. The summed E-state index contributed by atoms with van der Waals surface area (Å²) in [5.41, 5.74) is 6.56. The van der Waals surface area contributed by atoms with Crippen LogP contribution in [0, 0.1) is 0 Å². The molecule has 104 valence electrons. The fourth-order valence-electron chi connectivity index (χ4n) is 1.57. The number of nitrogens with one attached hydrogen (secondary N) is 1. The number of hydrogen-bond acceptors (Lipinski definition) is 3. The summed E-state index contributed by atoms with van der Waals surface area (Å²) < 4.78 is 6.65. The number of amides is 1. The molecule has 0 radical (unpaired) electrons. The van der Waals surface area contributed by atoms with E-state index < -0.39 is 6.10 Å². The van der Waals surface area contributed by atoms with Crippen LogP contribution >= 0.6 is 15.9 Å². The molecule has 5 heteroatoms. The summed E-state index contributed by atoms with van der Waals surface area (Å²) >= 11 is 3.41. The van der Waals surface area contributed by atoms with Gasteiger partial charge in [-0.2, -0.15) is 0 Å². The van der Waals surface area contributed by atoms with E-state index in [0.717, 1.165) is 10.0 Å². The molecule has 1 amide bonds. The summed E-state index contributed by atoms with van der Waals surface area (Å²) in [5.74, 6) is 0.524. The third kappa shape index (κ3) is 5.04. The Labute approximate surface area is 122 Å². The number of nitrogens with two attached hydrogens (primary N) is 1. The Kier molecular flexibility index (Phi) is 6.59. The molecule has 1 atom stereocenters. The first-order chi connectivity index (χ1) is 9.08. The molecule has 1 unspecified atom stereocenters. The van der Waals surface area contributed by atoms with E-state index >= 15 is 0 Å². The lowest BCUT2D eigenvalue weighted by molar-refractivity contribution is -0.127. The third-order valence-electron chi connectivity index (χ3n) is 2.53. The molecule has 0 spiro atoms. The van der Waals surface area contributed by atoms with Crippen LogP contribution in [0.5, 0.6) is 5.75 Å². The molecule has 1 aromatic rings. The lowest BCUT2D eigenvalue weighted by Crippen LogP contribution is -2.36. The summed E-state index contributed by atoms with van der Waals surface area (Å²) in [7, 11) is 0. The van der Waals surface area contributed by atoms with Gasteiger partial charge in [0.2, 0.25) is 0 Å². The predicted octanol–water partition coefficient (Wildman–Crippen LogP) is 2.02. The Morgan fingerprint density at radius 1 is 1.63 bits per heavy atom. The number of carbonyl (C=O) groups is 1. The second-order valence-corrected chi connectivity index (χ2v) is 5.00. The van der Waals surface area contributed by atoms with Crippen LogP contribution in [0.1, 0.15) is 12.5 Å². The number of hydrogen-bond donors (Lipinski definition) is 2. The Morgan fingerprint density at radius 2 is 2.37 bits per heavy atom. The van der Waals surface area contributed by atoms with Gasteiger partial charge < -0.3 is 15.8 Å². The molecule has 0 bridgehead atoms. The van der Waals surface area contributed by atoms with Crippen LogP contribution in [-0.2, 0) is 11.2 Å². The van der Waals surface area contributed by atoms with Crippen molar-refractivity contribution in [2.24, 2.45) is 5.73 Å². The minimum Gasteiger partial charge on any atom is -0.481 e. The molecule has 0 aliphatic rings. The zero-order chi connectivity index (χ0) is 14.3. The molecule has 1 rings (SSSR count). The zero-order valence-electron chi connectivity index (χ0n) is 11.0. The minimum absolute atomic E-state index is 0.165. The third-order valence-corrected chi connectivity index (χ3v) is 3.02. The van der Waals surface area contributed by atoms with Crippen molar-refractivity contribution in [1.29, 1.82) is 0 Å². The summed E-state index contributed by atoms with van der Waals surface area (Å²) in [6.07, 6.45) is 1.78. The van der Waals surface area contributed by atoms with Gasteiger partial charge in [0.25, 0.3) is 5.91 Å². The van der Waals surface area contributed by atoms with E-state index in [2.05, 4.69) is 27.8 Å². The van der Waals surface area contributed by atoms with Crippen molar-refractivity contribution in [3.8, 4) is 5.75 Å². The molecule has 19 heavy (non-hydrogen) atoms. The Balaban J connectivity index is 2.74. The minimum atomic E-state index is -0.558. The first kappa shape index (κ1) is 15.7. The fraction of sp³-hybridized carbons (Fsp3) is 0.357. The quantitative estimate of drug-likeness (QED) is 0.753. The Morgan fingerprint density at radius 3 is 3.00 bits per heavy atom. The van der Waals surface area contributed by atoms with Gasteiger partial charge in [-0.1, -0.05) is 22.0 Å². The molecule has 3 N–H and O–H groups in total. The van der Waals surface area contributed by atoms with Crippen molar-refractivity contribution in [3.05, 3.63) is 40.9 Å². The second-order valence-electron chi connectivity index (χ2n) is 4.08. The molecule has 0 fully saturated rings. The van der Waals surface area contributed by atoms with Gasteiger partial charge >= 0.3 is 0 Å². The van der Waals surface area contributed by atoms with Gasteiger partial charge in [-0.3, -0.25) is 4.79 Å². The average Bonchev–Trinajstić information content (AvgIpc) is 2.39. The monoisotopic (exact) mass is 326 g/mol. The van der Waals surface area contributed by atoms with Crippen LogP contribution in [0.15, 0.2) is 35.3 Å². The molecule has 0 aliphatic heterocycles. The second kappa shape index (κ2) is 7.96. The maximum absolute atomic E-state index is 11.7. The highest BCUT2D eigenvalue weighted by Gasteiger charge is 2.15. The van der Waals surface area contributed by atoms with Crippen molar-refractivity contribution in [2.45, 2.75) is 19.4 Å². The van der Waals surface area contributed by atoms with Gasteiger partial charge in [0, 0.05) is 11.0 Å². The zero-order valence-corrected chi connectivity index (χ0v) is 12.6. The summed E-state index contributed by atoms with van der Waals surface area (Å²) in [5, 5.41) is 2.70. The molecule has 0 saturated carbocycles. The number of halogens is 1. The number of carbonyl (C=O) groups excluding carboxylic acids is 1. The van der Waals surface area contributed by atoms with Gasteiger partial charge in [0.15, 0.2) is 6.10 Å². The van der Waals surface area contributed by atoms with Crippen LogP contribution < -0.4 is 15.8 Å². The number of ether oxygens (including phenoxy) is 1. The van der Waals surface area contributed by atoms with E-state index in [0.29, 0.717) is 25.3 Å². The normalized spacial score (nSPS) is 11.7. The van der Waals surface area contributed by atoms with E-state index in [1.807, 2.05) is 18.2 Å². The summed E-state index contributed by atoms with van der Waals surface area (Å²) in [6.45, 7) is 6.23. The standard InChI is InChI=1S/C14H19BrN2O2/c1-3-8-17-14(18)10(2)19-13-5-4-12(15)9-11(13)6-7-16/h3-5,9-10H,1,6-8,16H2,2H3,(H,17,18). The predicted molar refractivity (Wildman–Crippen MR) is 80.2 cm³/mol. The van der Waals surface area contributed by atoms with Gasteiger partial charge in [0.05, 0.1) is 0 Å². The topological polar surface area (TPSA) is 64.3 Å². The van der Waals surface area contributed by atoms with Crippen LogP contribution in [0.4, 0.5) is 0 Å². The highest BCUT2D eigenvalue weighted by molar-refractivity contribution is 9.10. The van der Waals surface area contributed by atoms with Crippen LogP contribution in [0.3, 0.4) is 0 Å². The van der Waals surface area contributed by atoms with E-state index in [1.165, 1.54) is 0 Å². The first-order valence-electron chi connectivity index (χ1n) is 6.12. The Bertz CT molecular complexity index is 449. The Hall–Kier alpha value is -1.33. The molecular formula is C14H19BrN2O2.